The molecule has 2 rings (SSSR count). The van der Waals surface area contributed by atoms with Gasteiger partial charge in [0, 0.05) is 11.4 Å². The number of fused-ring (bicyclic) bond motifs is 1. The Bertz CT molecular complexity index is 468. The van der Waals surface area contributed by atoms with Gasteiger partial charge in [0.25, 0.3) is 0 Å². The van der Waals surface area contributed by atoms with Gasteiger partial charge in [-0.3, -0.25) is 4.40 Å². The highest BCUT2D eigenvalue weighted by molar-refractivity contribution is 5.61. The summed E-state index contributed by atoms with van der Waals surface area (Å²) in [6.07, 6.45) is 3.50. The number of rotatable bonds is 1. The van der Waals surface area contributed by atoms with Gasteiger partial charge in [-0.2, -0.15) is 0 Å². The molecule has 2 heterocycles. The zero-order valence-corrected chi connectivity index (χ0v) is 7.78. The SMILES string of the molecule is C=Cc1ncn2c(C)cc(C)nc12. The highest BCUT2D eigenvalue weighted by atomic mass is 15.1. The molecule has 0 aromatic carbocycles. The van der Waals surface area contributed by atoms with Gasteiger partial charge >= 0.3 is 0 Å². The van der Waals surface area contributed by atoms with Crippen LogP contribution in [0.1, 0.15) is 17.1 Å². The molecule has 0 radical (unpaired) electrons. The second-order valence-corrected chi connectivity index (χ2v) is 3.07. The van der Waals surface area contributed by atoms with Crippen molar-refractivity contribution in [3.8, 4) is 0 Å². The lowest BCUT2D eigenvalue weighted by Gasteiger charge is -2.00. The van der Waals surface area contributed by atoms with E-state index in [4.69, 9.17) is 0 Å². The first-order valence-electron chi connectivity index (χ1n) is 4.16. The second kappa shape index (κ2) is 2.69. The van der Waals surface area contributed by atoms with Crippen molar-refractivity contribution in [1.29, 1.82) is 0 Å². The molecule has 0 fully saturated rings. The fraction of sp³-hybridized carbons (Fsp3) is 0.200. The van der Waals surface area contributed by atoms with E-state index in [9.17, 15) is 0 Å². The lowest BCUT2D eigenvalue weighted by Crippen LogP contribution is -1.94. The van der Waals surface area contributed by atoms with Crippen LogP contribution in [0.2, 0.25) is 0 Å². The van der Waals surface area contributed by atoms with Crippen molar-refractivity contribution in [2.45, 2.75) is 13.8 Å². The molecule has 3 heteroatoms. The van der Waals surface area contributed by atoms with Crippen LogP contribution in [0.3, 0.4) is 0 Å². The van der Waals surface area contributed by atoms with E-state index >= 15 is 0 Å². The van der Waals surface area contributed by atoms with Crippen molar-refractivity contribution in [2.75, 3.05) is 0 Å². The fourth-order valence-corrected chi connectivity index (χ4v) is 1.44. The Morgan fingerprint density at radius 2 is 2.23 bits per heavy atom. The Hall–Kier alpha value is -1.64. The van der Waals surface area contributed by atoms with Crippen LogP contribution in [0.5, 0.6) is 0 Å². The molecule has 0 unspecified atom stereocenters. The number of hydrogen-bond donors (Lipinski definition) is 0. The van der Waals surface area contributed by atoms with Crippen molar-refractivity contribution in [2.24, 2.45) is 0 Å². The highest BCUT2D eigenvalue weighted by Gasteiger charge is 2.04. The summed E-state index contributed by atoms with van der Waals surface area (Å²) in [4.78, 5) is 8.59. The number of hydrogen-bond acceptors (Lipinski definition) is 2. The molecule has 0 aliphatic rings. The third-order valence-corrected chi connectivity index (χ3v) is 2.04. The monoisotopic (exact) mass is 173 g/mol. The minimum Gasteiger partial charge on any atom is -0.287 e. The average Bonchev–Trinajstić information content (AvgIpc) is 2.47. The van der Waals surface area contributed by atoms with Gasteiger partial charge in [0.2, 0.25) is 0 Å². The third-order valence-electron chi connectivity index (χ3n) is 2.04. The molecule has 2 aromatic rings. The minimum atomic E-state index is 0.840. The van der Waals surface area contributed by atoms with Gasteiger partial charge in [-0.25, -0.2) is 9.97 Å². The van der Waals surface area contributed by atoms with Gasteiger partial charge in [-0.15, -0.1) is 0 Å². The molecule has 0 aliphatic carbocycles. The van der Waals surface area contributed by atoms with Gasteiger partial charge < -0.3 is 0 Å². The van der Waals surface area contributed by atoms with Crippen molar-refractivity contribution in [3.63, 3.8) is 0 Å². The molecule has 0 saturated heterocycles. The normalized spacial score (nSPS) is 10.6. The van der Waals surface area contributed by atoms with Gasteiger partial charge in [0.05, 0.1) is 0 Å². The summed E-state index contributed by atoms with van der Waals surface area (Å²) in [7, 11) is 0. The van der Waals surface area contributed by atoms with E-state index in [0.717, 1.165) is 22.7 Å². The maximum atomic E-state index is 4.40. The van der Waals surface area contributed by atoms with Gasteiger partial charge in [-0.05, 0) is 26.0 Å². The molecule has 13 heavy (non-hydrogen) atoms. The van der Waals surface area contributed by atoms with Crippen LogP contribution in [-0.4, -0.2) is 14.4 Å². The van der Waals surface area contributed by atoms with Crippen molar-refractivity contribution in [3.05, 3.63) is 36.1 Å². The summed E-state index contributed by atoms with van der Waals surface area (Å²) < 4.78 is 1.96. The first kappa shape index (κ1) is 7.98. The van der Waals surface area contributed by atoms with Gasteiger partial charge in [0.15, 0.2) is 5.65 Å². The largest absolute Gasteiger partial charge is 0.287 e. The fourth-order valence-electron chi connectivity index (χ4n) is 1.44. The third kappa shape index (κ3) is 1.13. The van der Waals surface area contributed by atoms with E-state index in [1.807, 2.05) is 24.3 Å². The first-order valence-corrected chi connectivity index (χ1v) is 4.16. The smallest absolute Gasteiger partial charge is 0.164 e. The summed E-state index contributed by atoms with van der Waals surface area (Å²) in [5.74, 6) is 0. The predicted octanol–water partition coefficient (Wildman–Crippen LogP) is 1.99. The van der Waals surface area contributed by atoms with E-state index in [0.29, 0.717) is 0 Å². The number of imidazole rings is 1. The van der Waals surface area contributed by atoms with E-state index in [-0.39, 0.29) is 0 Å². The molecule has 0 amide bonds. The molecule has 0 atom stereocenters. The summed E-state index contributed by atoms with van der Waals surface area (Å²) in [6.45, 7) is 7.71. The number of aromatic nitrogens is 3. The van der Waals surface area contributed by atoms with Crippen LogP contribution in [-0.2, 0) is 0 Å². The highest BCUT2D eigenvalue weighted by Crippen LogP contribution is 2.11. The zero-order chi connectivity index (χ0) is 9.42. The average molecular weight is 173 g/mol. The van der Waals surface area contributed by atoms with Crippen LogP contribution >= 0.6 is 0 Å². The molecule has 0 bridgehead atoms. The lowest BCUT2D eigenvalue weighted by molar-refractivity contribution is 1.02. The molecule has 0 aliphatic heterocycles. The number of nitrogens with zero attached hydrogens (tertiary/aromatic N) is 3. The van der Waals surface area contributed by atoms with Crippen LogP contribution in [0.15, 0.2) is 19.0 Å². The summed E-state index contributed by atoms with van der Waals surface area (Å²) in [6, 6.07) is 2.03. The Kier molecular flexibility index (Phi) is 1.65. The molecule has 2 aromatic heterocycles. The molecule has 0 spiro atoms. The molecular formula is C10H11N3. The maximum Gasteiger partial charge on any atom is 0.164 e. The Morgan fingerprint density at radius 3 is 2.92 bits per heavy atom. The van der Waals surface area contributed by atoms with Crippen molar-refractivity contribution < 1.29 is 0 Å². The Balaban J connectivity index is 2.89. The van der Waals surface area contributed by atoms with Crippen molar-refractivity contribution in [1.82, 2.24) is 14.4 Å². The van der Waals surface area contributed by atoms with E-state index in [1.54, 1.807) is 12.4 Å². The molecule has 66 valence electrons. The molecule has 0 saturated carbocycles. The first-order chi connectivity index (χ1) is 6.22. The van der Waals surface area contributed by atoms with Crippen LogP contribution in [0, 0.1) is 13.8 Å². The zero-order valence-electron chi connectivity index (χ0n) is 7.78. The Morgan fingerprint density at radius 1 is 1.46 bits per heavy atom. The molecule has 0 N–H and O–H groups in total. The van der Waals surface area contributed by atoms with E-state index in [1.165, 1.54) is 0 Å². The van der Waals surface area contributed by atoms with Crippen LogP contribution < -0.4 is 0 Å². The maximum absolute atomic E-state index is 4.40. The molecule has 3 nitrogen and oxygen atoms in total. The summed E-state index contributed by atoms with van der Waals surface area (Å²) in [5.41, 5.74) is 3.87. The van der Waals surface area contributed by atoms with E-state index in [2.05, 4.69) is 16.5 Å². The topological polar surface area (TPSA) is 30.2 Å². The van der Waals surface area contributed by atoms with Crippen LogP contribution in [0.4, 0.5) is 0 Å². The standard InChI is InChI=1S/C10H11N3/c1-4-9-10-12-7(2)5-8(3)13(10)6-11-9/h4-6H,1H2,2-3H3. The van der Waals surface area contributed by atoms with Gasteiger partial charge in [0.1, 0.15) is 12.0 Å². The van der Waals surface area contributed by atoms with Gasteiger partial charge in [-0.1, -0.05) is 6.58 Å². The Labute approximate surface area is 76.8 Å². The van der Waals surface area contributed by atoms with E-state index < -0.39 is 0 Å². The lowest BCUT2D eigenvalue weighted by atomic mass is 10.3. The minimum absolute atomic E-state index is 0.840. The van der Waals surface area contributed by atoms with Crippen LogP contribution in [0.25, 0.3) is 11.7 Å². The molecular weight excluding hydrogens is 162 g/mol. The summed E-state index contributed by atoms with van der Waals surface area (Å²) in [5, 5.41) is 0. The number of aryl methyl sites for hydroxylation is 2. The predicted molar refractivity (Wildman–Crippen MR) is 52.6 cm³/mol. The van der Waals surface area contributed by atoms with Crippen molar-refractivity contribution >= 4 is 11.7 Å². The summed E-state index contributed by atoms with van der Waals surface area (Å²) >= 11 is 0. The second-order valence-electron chi connectivity index (χ2n) is 3.07. The quantitative estimate of drug-likeness (QED) is 0.660.